The fourth-order valence-electron chi connectivity index (χ4n) is 4.32. The monoisotopic (exact) mass is 429 g/mol. The first-order chi connectivity index (χ1) is 14.7. The van der Waals surface area contributed by atoms with Crippen molar-refractivity contribution in [2.45, 2.75) is 43.5 Å². The van der Waals surface area contributed by atoms with Crippen LogP contribution in [-0.4, -0.2) is 24.7 Å². The summed E-state index contributed by atoms with van der Waals surface area (Å²) < 4.78 is 42.6. The van der Waals surface area contributed by atoms with Crippen molar-refractivity contribution in [3.63, 3.8) is 0 Å². The molecule has 0 radical (unpaired) electrons. The molecule has 10 heteroatoms. The third-order valence-electron chi connectivity index (χ3n) is 6.11. The summed E-state index contributed by atoms with van der Waals surface area (Å²) in [7, 11) is 1.58. The maximum Gasteiger partial charge on any atom is 0.417 e. The Morgan fingerprint density at radius 1 is 1.23 bits per heavy atom. The third-order valence-corrected chi connectivity index (χ3v) is 6.11. The number of fused-ring (bicyclic) bond motifs is 1. The lowest BCUT2D eigenvalue weighted by Gasteiger charge is -2.30. The average molecular weight is 429 g/mol. The van der Waals surface area contributed by atoms with Gasteiger partial charge in [0.05, 0.1) is 40.5 Å². The van der Waals surface area contributed by atoms with E-state index in [9.17, 15) is 28.3 Å². The van der Waals surface area contributed by atoms with Gasteiger partial charge in [-0.25, -0.2) is 4.68 Å². The zero-order valence-electron chi connectivity index (χ0n) is 16.5. The molecule has 0 amide bonds. The molecule has 5 rings (SSSR count). The van der Waals surface area contributed by atoms with Crippen LogP contribution in [0.5, 0.6) is 0 Å². The van der Waals surface area contributed by atoms with Gasteiger partial charge in [0.1, 0.15) is 5.60 Å². The molecular weight excluding hydrogens is 411 g/mol. The summed E-state index contributed by atoms with van der Waals surface area (Å²) in [4.78, 5) is 12.9. The molecular formula is C21H18F3N5O2. The van der Waals surface area contributed by atoms with Gasteiger partial charge in [-0.3, -0.25) is 9.48 Å². The van der Waals surface area contributed by atoms with Crippen LogP contribution in [0.4, 0.5) is 13.2 Å². The second kappa shape index (κ2) is 6.40. The topological polar surface area (TPSA) is 96.7 Å². The molecule has 3 aromatic rings. The zero-order valence-corrected chi connectivity index (χ0v) is 16.5. The van der Waals surface area contributed by atoms with Crippen LogP contribution >= 0.6 is 0 Å². The number of aromatic nitrogens is 4. The SMILES string of the molecule is Cn1nc2c(=O)n(C3CC3)ncc2c1[C@@](O)(c1ccc(C(F)(F)F)c(C#N)c1)C1CC1. The lowest BCUT2D eigenvalue weighted by Crippen LogP contribution is -2.33. The van der Waals surface area contributed by atoms with Gasteiger partial charge < -0.3 is 5.11 Å². The van der Waals surface area contributed by atoms with Crippen molar-refractivity contribution in [2.75, 3.05) is 0 Å². The van der Waals surface area contributed by atoms with E-state index < -0.39 is 22.9 Å². The summed E-state index contributed by atoms with van der Waals surface area (Å²) in [5.74, 6) is -0.278. The second-order valence-electron chi connectivity index (χ2n) is 8.27. The van der Waals surface area contributed by atoms with Gasteiger partial charge in [0.2, 0.25) is 0 Å². The first-order valence-electron chi connectivity index (χ1n) is 9.95. The number of halogens is 3. The standard InChI is InChI=1S/C21H18F3N5O2/c1-28-18(15-10-26-29(14-5-6-14)19(30)17(15)27-28)20(31,12-2-3-12)13-4-7-16(21(22,23)24)11(8-13)9-25/h4,7-8,10,12,14,31H,2-3,5-6H2,1H3/t20-/m0/s1. The Hall–Kier alpha value is -3.19. The molecule has 2 aliphatic rings. The van der Waals surface area contributed by atoms with E-state index in [0.29, 0.717) is 23.9 Å². The molecule has 7 nitrogen and oxygen atoms in total. The summed E-state index contributed by atoms with van der Waals surface area (Å²) in [5, 5.41) is 30.1. The molecule has 0 bridgehead atoms. The molecule has 1 aromatic carbocycles. The van der Waals surface area contributed by atoms with Crippen LogP contribution in [0.15, 0.2) is 29.2 Å². The van der Waals surface area contributed by atoms with Gasteiger partial charge in [-0.15, -0.1) is 0 Å². The Morgan fingerprint density at radius 2 is 1.94 bits per heavy atom. The van der Waals surface area contributed by atoms with Gasteiger partial charge in [0, 0.05) is 7.05 Å². The van der Waals surface area contributed by atoms with Crippen molar-refractivity contribution in [1.82, 2.24) is 19.6 Å². The number of alkyl halides is 3. The van der Waals surface area contributed by atoms with E-state index in [2.05, 4.69) is 10.2 Å². The number of hydrogen-bond acceptors (Lipinski definition) is 5. The fraction of sp³-hybridized carbons (Fsp3) is 0.429. The fourth-order valence-corrected chi connectivity index (χ4v) is 4.32. The first-order valence-corrected chi connectivity index (χ1v) is 9.95. The van der Waals surface area contributed by atoms with Crippen LogP contribution in [-0.2, 0) is 18.8 Å². The molecule has 160 valence electrons. The molecule has 0 spiro atoms. The highest BCUT2D eigenvalue weighted by atomic mass is 19.4. The van der Waals surface area contributed by atoms with Gasteiger partial charge in [0.15, 0.2) is 5.52 Å². The van der Waals surface area contributed by atoms with Gasteiger partial charge in [-0.05, 0) is 49.3 Å². The maximum absolute atomic E-state index is 13.3. The van der Waals surface area contributed by atoms with Gasteiger partial charge in [-0.2, -0.15) is 28.6 Å². The third kappa shape index (κ3) is 2.95. The minimum atomic E-state index is -4.68. The Bertz CT molecular complexity index is 1310. The van der Waals surface area contributed by atoms with Crippen LogP contribution in [0.25, 0.3) is 10.9 Å². The van der Waals surface area contributed by atoms with Gasteiger partial charge in [0.25, 0.3) is 5.56 Å². The van der Waals surface area contributed by atoms with Crippen LogP contribution in [0.2, 0.25) is 0 Å². The van der Waals surface area contributed by atoms with E-state index in [1.807, 2.05) is 0 Å². The maximum atomic E-state index is 13.3. The number of aliphatic hydroxyl groups is 1. The van der Waals surface area contributed by atoms with Crippen molar-refractivity contribution in [3.8, 4) is 6.07 Å². The molecule has 2 heterocycles. The number of benzene rings is 1. The number of hydrogen-bond donors (Lipinski definition) is 1. The molecule has 0 saturated heterocycles. The molecule has 1 atom stereocenters. The summed E-state index contributed by atoms with van der Waals surface area (Å²) in [6.45, 7) is 0. The van der Waals surface area contributed by atoms with Crippen molar-refractivity contribution >= 4 is 10.9 Å². The number of rotatable bonds is 4. The zero-order chi connectivity index (χ0) is 22.1. The van der Waals surface area contributed by atoms with Gasteiger partial charge >= 0.3 is 6.18 Å². The van der Waals surface area contributed by atoms with E-state index in [1.54, 1.807) is 13.1 Å². The number of aryl methyl sites for hydroxylation is 1. The first kappa shape index (κ1) is 19.8. The number of nitriles is 1. The highest BCUT2D eigenvalue weighted by molar-refractivity contribution is 5.81. The summed E-state index contributed by atoms with van der Waals surface area (Å²) in [6.07, 6.45) is -0.158. The second-order valence-corrected chi connectivity index (χ2v) is 8.27. The molecule has 31 heavy (non-hydrogen) atoms. The lowest BCUT2D eigenvalue weighted by atomic mass is 9.83. The van der Waals surface area contributed by atoms with E-state index >= 15 is 0 Å². The Labute approximate surface area is 174 Å². The van der Waals surface area contributed by atoms with Crippen molar-refractivity contribution in [3.05, 3.63) is 57.1 Å². The van der Waals surface area contributed by atoms with Crippen LogP contribution in [0.3, 0.4) is 0 Å². The number of nitrogens with zero attached hydrogens (tertiary/aromatic N) is 5. The van der Waals surface area contributed by atoms with Crippen molar-refractivity contribution in [2.24, 2.45) is 13.0 Å². The smallest absolute Gasteiger partial charge is 0.378 e. The van der Waals surface area contributed by atoms with Gasteiger partial charge in [-0.1, -0.05) is 6.07 Å². The Balaban J connectivity index is 1.73. The van der Waals surface area contributed by atoms with E-state index in [1.165, 1.54) is 21.6 Å². The van der Waals surface area contributed by atoms with Crippen molar-refractivity contribution in [1.29, 1.82) is 5.26 Å². The van der Waals surface area contributed by atoms with Crippen molar-refractivity contribution < 1.29 is 18.3 Å². The van der Waals surface area contributed by atoms with Crippen LogP contribution in [0.1, 0.15) is 54.1 Å². The summed E-state index contributed by atoms with van der Waals surface area (Å²) in [6, 6.07) is 4.74. The molecule has 2 aliphatic carbocycles. The molecule has 0 aliphatic heterocycles. The predicted octanol–water partition coefficient (Wildman–Crippen LogP) is 3.00. The minimum absolute atomic E-state index is 0.0535. The predicted molar refractivity (Wildman–Crippen MR) is 103 cm³/mol. The Morgan fingerprint density at radius 3 is 2.52 bits per heavy atom. The van der Waals surface area contributed by atoms with Crippen LogP contribution < -0.4 is 5.56 Å². The minimum Gasteiger partial charge on any atom is -0.378 e. The van der Waals surface area contributed by atoms with Crippen LogP contribution in [0, 0.1) is 17.2 Å². The largest absolute Gasteiger partial charge is 0.417 e. The molecule has 2 saturated carbocycles. The molecule has 2 fully saturated rings. The normalized spacial score (nSPS) is 18.7. The molecule has 0 unspecified atom stereocenters. The Kier molecular flexibility index (Phi) is 4.08. The van der Waals surface area contributed by atoms with E-state index in [0.717, 1.165) is 25.0 Å². The quantitative estimate of drug-likeness (QED) is 0.688. The summed E-state index contributed by atoms with van der Waals surface area (Å²) >= 11 is 0. The highest BCUT2D eigenvalue weighted by Gasteiger charge is 2.50. The average Bonchev–Trinajstić information content (AvgIpc) is 3.63. The van der Waals surface area contributed by atoms with E-state index in [-0.39, 0.29) is 28.6 Å². The molecule has 1 N–H and O–H groups in total. The summed E-state index contributed by atoms with van der Waals surface area (Å²) in [5.41, 5.74) is -3.07. The molecule has 2 aromatic heterocycles. The highest BCUT2D eigenvalue weighted by Crippen LogP contribution is 2.51. The van der Waals surface area contributed by atoms with E-state index in [4.69, 9.17) is 0 Å². The lowest BCUT2D eigenvalue weighted by molar-refractivity contribution is -0.137.